The van der Waals surface area contributed by atoms with E-state index in [1.165, 1.54) is 13.0 Å². The average Bonchev–Trinajstić information content (AvgIpc) is 2.63. The molecule has 0 spiro atoms. The summed E-state index contributed by atoms with van der Waals surface area (Å²) in [7, 11) is 0. The van der Waals surface area contributed by atoms with E-state index < -0.39 is 24.0 Å². The Labute approximate surface area is 172 Å². The van der Waals surface area contributed by atoms with Crippen LogP contribution in [0.5, 0.6) is 0 Å². The van der Waals surface area contributed by atoms with Gasteiger partial charge in [-0.3, -0.25) is 9.59 Å². The smallest absolute Gasteiger partial charge is 0.326 e. The summed E-state index contributed by atoms with van der Waals surface area (Å²) in [4.78, 5) is 35.8. The van der Waals surface area contributed by atoms with E-state index in [1.54, 1.807) is 12.1 Å². The lowest BCUT2D eigenvalue weighted by Gasteiger charge is -2.21. The second-order valence-corrected chi connectivity index (χ2v) is 7.13. The van der Waals surface area contributed by atoms with Crippen LogP contribution in [0.25, 0.3) is 0 Å². The Morgan fingerprint density at radius 1 is 0.964 bits per heavy atom. The SMILES string of the molecule is CC(=O)N[C@H](Cc1ccccc1)C(=O)N[C@H](Cc1ccc(Cl)cc1Cl)C(=O)O. The first kappa shape index (κ1) is 21.7. The van der Waals surface area contributed by atoms with Crippen molar-refractivity contribution in [3.05, 3.63) is 69.7 Å². The van der Waals surface area contributed by atoms with Crippen LogP contribution in [-0.4, -0.2) is 35.0 Å². The molecule has 0 unspecified atom stereocenters. The van der Waals surface area contributed by atoms with Crippen molar-refractivity contribution in [2.24, 2.45) is 0 Å². The molecule has 0 aliphatic rings. The monoisotopic (exact) mass is 422 g/mol. The Morgan fingerprint density at radius 2 is 1.64 bits per heavy atom. The minimum absolute atomic E-state index is 0.0186. The van der Waals surface area contributed by atoms with Crippen LogP contribution in [0.1, 0.15) is 18.1 Å². The van der Waals surface area contributed by atoms with Crippen LogP contribution >= 0.6 is 23.2 Å². The van der Waals surface area contributed by atoms with Gasteiger partial charge in [-0.2, -0.15) is 0 Å². The van der Waals surface area contributed by atoms with Crippen LogP contribution in [0.15, 0.2) is 48.5 Å². The number of nitrogens with one attached hydrogen (secondary N) is 2. The molecule has 0 saturated heterocycles. The molecule has 0 saturated carbocycles. The maximum Gasteiger partial charge on any atom is 0.326 e. The zero-order chi connectivity index (χ0) is 20.7. The van der Waals surface area contributed by atoms with Gasteiger partial charge in [0.2, 0.25) is 11.8 Å². The van der Waals surface area contributed by atoms with E-state index >= 15 is 0 Å². The lowest BCUT2D eigenvalue weighted by Crippen LogP contribution is -2.52. The van der Waals surface area contributed by atoms with E-state index in [1.807, 2.05) is 30.3 Å². The molecular weight excluding hydrogens is 403 g/mol. The Kier molecular flexibility index (Phi) is 7.84. The first-order chi connectivity index (χ1) is 13.3. The molecule has 0 aliphatic heterocycles. The summed E-state index contributed by atoms with van der Waals surface area (Å²) < 4.78 is 0. The molecule has 0 fully saturated rings. The second-order valence-electron chi connectivity index (χ2n) is 6.28. The van der Waals surface area contributed by atoms with Gasteiger partial charge in [-0.05, 0) is 23.3 Å². The molecule has 0 radical (unpaired) electrons. The van der Waals surface area contributed by atoms with Crippen molar-refractivity contribution in [2.45, 2.75) is 31.8 Å². The summed E-state index contributed by atoms with van der Waals surface area (Å²) in [5.41, 5.74) is 1.38. The number of carbonyl (C=O) groups excluding carboxylic acids is 2. The number of benzene rings is 2. The molecule has 2 atom stereocenters. The van der Waals surface area contributed by atoms with Gasteiger partial charge in [-0.15, -0.1) is 0 Å². The van der Waals surface area contributed by atoms with Crippen LogP contribution in [0.3, 0.4) is 0 Å². The fourth-order valence-electron chi connectivity index (χ4n) is 2.68. The zero-order valence-electron chi connectivity index (χ0n) is 15.1. The van der Waals surface area contributed by atoms with Gasteiger partial charge in [-0.25, -0.2) is 4.79 Å². The third kappa shape index (κ3) is 6.55. The average molecular weight is 423 g/mol. The van der Waals surface area contributed by atoms with Gasteiger partial charge < -0.3 is 15.7 Å². The number of hydrogen-bond donors (Lipinski definition) is 3. The molecular formula is C20H20Cl2N2O4. The number of halogens is 2. The van der Waals surface area contributed by atoms with E-state index in [0.29, 0.717) is 15.6 Å². The number of rotatable bonds is 8. The standard InChI is InChI=1S/C20H20Cl2N2O4/c1-12(25)23-17(9-13-5-3-2-4-6-13)19(26)24-18(20(27)28)10-14-7-8-15(21)11-16(14)22/h2-8,11,17-18H,9-10H2,1H3,(H,23,25)(H,24,26)(H,27,28)/t17-,18-/m1/s1. The highest BCUT2D eigenvalue weighted by Crippen LogP contribution is 2.22. The largest absolute Gasteiger partial charge is 0.480 e. The van der Waals surface area contributed by atoms with Crippen molar-refractivity contribution in [3.8, 4) is 0 Å². The van der Waals surface area contributed by atoms with Gasteiger partial charge in [0.05, 0.1) is 0 Å². The van der Waals surface area contributed by atoms with E-state index in [-0.39, 0.29) is 18.7 Å². The predicted octanol–water partition coefficient (Wildman–Crippen LogP) is 2.85. The molecule has 0 bridgehead atoms. The molecule has 3 N–H and O–H groups in total. The highest BCUT2D eigenvalue weighted by atomic mass is 35.5. The molecule has 0 heterocycles. The number of carbonyl (C=O) groups is 3. The van der Waals surface area contributed by atoms with Crippen molar-refractivity contribution in [1.82, 2.24) is 10.6 Å². The lowest BCUT2D eigenvalue weighted by atomic mass is 10.0. The van der Waals surface area contributed by atoms with E-state index in [9.17, 15) is 19.5 Å². The molecule has 28 heavy (non-hydrogen) atoms. The summed E-state index contributed by atoms with van der Waals surface area (Å²) in [5, 5.41) is 15.3. The van der Waals surface area contributed by atoms with Crippen LogP contribution in [0, 0.1) is 0 Å². The summed E-state index contributed by atoms with van der Waals surface area (Å²) in [6, 6.07) is 11.7. The first-order valence-electron chi connectivity index (χ1n) is 8.54. The summed E-state index contributed by atoms with van der Waals surface area (Å²) in [6.07, 6.45) is 0.218. The zero-order valence-corrected chi connectivity index (χ0v) is 16.6. The number of amides is 2. The van der Waals surface area contributed by atoms with Gasteiger partial charge in [0, 0.05) is 29.8 Å². The normalized spacial score (nSPS) is 12.7. The molecule has 2 aromatic rings. The molecule has 2 aromatic carbocycles. The predicted molar refractivity (Wildman–Crippen MR) is 107 cm³/mol. The molecule has 0 aromatic heterocycles. The Bertz CT molecular complexity index is 859. The number of hydrogen-bond acceptors (Lipinski definition) is 3. The Morgan fingerprint density at radius 3 is 2.21 bits per heavy atom. The van der Waals surface area contributed by atoms with Gasteiger partial charge in [0.15, 0.2) is 0 Å². The maximum atomic E-state index is 12.7. The van der Waals surface area contributed by atoms with Crippen LogP contribution in [0.4, 0.5) is 0 Å². The van der Waals surface area contributed by atoms with Gasteiger partial charge >= 0.3 is 5.97 Å². The van der Waals surface area contributed by atoms with Gasteiger partial charge in [0.1, 0.15) is 12.1 Å². The Balaban J connectivity index is 2.14. The highest BCUT2D eigenvalue weighted by molar-refractivity contribution is 6.35. The van der Waals surface area contributed by atoms with Crippen molar-refractivity contribution >= 4 is 41.0 Å². The van der Waals surface area contributed by atoms with Crippen LogP contribution in [0.2, 0.25) is 10.0 Å². The van der Waals surface area contributed by atoms with Crippen molar-refractivity contribution in [2.75, 3.05) is 0 Å². The maximum absolute atomic E-state index is 12.7. The summed E-state index contributed by atoms with van der Waals surface area (Å²) in [6.45, 7) is 1.30. The lowest BCUT2D eigenvalue weighted by molar-refractivity contribution is -0.142. The minimum Gasteiger partial charge on any atom is -0.480 e. The quantitative estimate of drug-likeness (QED) is 0.609. The number of carboxylic acid groups (broad SMARTS) is 1. The van der Waals surface area contributed by atoms with Gasteiger partial charge in [0.25, 0.3) is 0 Å². The van der Waals surface area contributed by atoms with Gasteiger partial charge in [-0.1, -0.05) is 59.6 Å². The highest BCUT2D eigenvalue weighted by Gasteiger charge is 2.27. The minimum atomic E-state index is -1.21. The summed E-state index contributed by atoms with van der Waals surface area (Å²) in [5.74, 6) is -2.18. The van der Waals surface area contributed by atoms with E-state index in [2.05, 4.69) is 10.6 Å². The van der Waals surface area contributed by atoms with E-state index in [0.717, 1.165) is 5.56 Å². The third-order valence-electron chi connectivity index (χ3n) is 4.03. The third-order valence-corrected chi connectivity index (χ3v) is 4.62. The molecule has 2 rings (SSSR count). The second kappa shape index (κ2) is 10.1. The Hall–Kier alpha value is -2.57. The fourth-order valence-corrected chi connectivity index (χ4v) is 3.17. The summed E-state index contributed by atoms with van der Waals surface area (Å²) >= 11 is 12.0. The molecule has 0 aliphatic carbocycles. The van der Waals surface area contributed by atoms with Crippen molar-refractivity contribution in [1.29, 1.82) is 0 Å². The first-order valence-corrected chi connectivity index (χ1v) is 9.30. The van der Waals surface area contributed by atoms with Crippen molar-refractivity contribution < 1.29 is 19.5 Å². The number of aliphatic carboxylic acids is 1. The number of carboxylic acids is 1. The molecule has 8 heteroatoms. The molecule has 2 amide bonds. The van der Waals surface area contributed by atoms with E-state index in [4.69, 9.17) is 23.2 Å². The fraction of sp³-hybridized carbons (Fsp3) is 0.250. The topological polar surface area (TPSA) is 95.5 Å². The molecule has 6 nitrogen and oxygen atoms in total. The van der Waals surface area contributed by atoms with Crippen molar-refractivity contribution in [3.63, 3.8) is 0 Å². The van der Waals surface area contributed by atoms with Crippen LogP contribution < -0.4 is 10.6 Å². The molecule has 148 valence electrons. The van der Waals surface area contributed by atoms with Crippen LogP contribution in [-0.2, 0) is 27.2 Å².